The Labute approximate surface area is 265 Å². The molecule has 0 bridgehead atoms. The van der Waals surface area contributed by atoms with Gasteiger partial charge >= 0.3 is 0 Å². The number of amides is 2. The Morgan fingerprint density at radius 2 is 1.58 bits per heavy atom. The Morgan fingerprint density at radius 3 is 2.27 bits per heavy atom. The van der Waals surface area contributed by atoms with Crippen LogP contribution in [0.4, 0.5) is 5.69 Å². The maximum absolute atomic E-state index is 14.3. The molecule has 1 aliphatic rings. The molecule has 12 heteroatoms. The summed E-state index contributed by atoms with van der Waals surface area (Å²) in [6.07, 6.45) is 0. The second kappa shape index (κ2) is 14.2. The minimum atomic E-state index is -1.06. The van der Waals surface area contributed by atoms with Crippen molar-refractivity contribution < 1.29 is 33.3 Å². The van der Waals surface area contributed by atoms with Gasteiger partial charge in [-0.3, -0.25) is 9.59 Å². The normalized spacial score (nSPS) is 12.3. The maximum Gasteiger partial charge on any atom is 0.251 e. The van der Waals surface area contributed by atoms with Gasteiger partial charge in [-0.1, -0.05) is 30.0 Å². The highest BCUT2D eigenvalue weighted by Gasteiger charge is 2.33. The highest BCUT2D eigenvalue weighted by molar-refractivity contribution is 7.99. The largest absolute Gasteiger partial charge is 0.497 e. The zero-order valence-corrected chi connectivity index (χ0v) is 26.5. The predicted molar refractivity (Wildman–Crippen MR) is 169 cm³/mol. The third-order valence-corrected chi connectivity index (χ3v) is 7.87. The van der Waals surface area contributed by atoms with Gasteiger partial charge in [0.05, 0.1) is 27.1 Å². The van der Waals surface area contributed by atoms with Crippen molar-refractivity contribution in [2.45, 2.75) is 31.6 Å². The van der Waals surface area contributed by atoms with Crippen molar-refractivity contribution in [1.29, 1.82) is 0 Å². The molecule has 234 valence electrons. The topological polar surface area (TPSA) is 121 Å². The summed E-state index contributed by atoms with van der Waals surface area (Å²) in [6.45, 7) is 3.99. The third-order valence-electron chi connectivity index (χ3n) is 7.04. The molecule has 1 N–H and O–H groups in total. The minimum absolute atomic E-state index is 0.000140. The van der Waals surface area contributed by atoms with Gasteiger partial charge in [0.15, 0.2) is 28.2 Å². The number of fused-ring (bicyclic) bond motifs is 1. The first-order chi connectivity index (χ1) is 21.8. The van der Waals surface area contributed by atoms with Crippen LogP contribution >= 0.6 is 11.8 Å². The van der Waals surface area contributed by atoms with Gasteiger partial charge < -0.3 is 33.9 Å². The van der Waals surface area contributed by atoms with E-state index in [9.17, 15) is 9.59 Å². The van der Waals surface area contributed by atoms with Gasteiger partial charge in [0.2, 0.25) is 12.7 Å². The van der Waals surface area contributed by atoms with Crippen LogP contribution in [0.3, 0.4) is 0 Å². The van der Waals surface area contributed by atoms with Gasteiger partial charge in [0.25, 0.3) is 5.91 Å². The molecule has 2 amide bonds. The number of nitrogens with one attached hydrogen (secondary N) is 1. The first kappa shape index (κ1) is 31.5. The number of ether oxygens (including phenoxy) is 5. The number of anilines is 1. The van der Waals surface area contributed by atoms with Crippen molar-refractivity contribution in [3.8, 4) is 28.7 Å². The van der Waals surface area contributed by atoms with Crippen LogP contribution in [0.2, 0.25) is 0 Å². The number of benzene rings is 3. The molecule has 0 unspecified atom stereocenters. The minimum Gasteiger partial charge on any atom is -0.497 e. The Morgan fingerprint density at radius 1 is 0.867 bits per heavy atom. The van der Waals surface area contributed by atoms with Crippen LogP contribution in [0.5, 0.6) is 28.7 Å². The van der Waals surface area contributed by atoms with Crippen molar-refractivity contribution in [3.63, 3.8) is 0 Å². The summed E-state index contributed by atoms with van der Waals surface area (Å²) in [5, 5.41) is 3.46. The van der Waals surface area contributed by atoms with Crippen LogP contribution in [-0.2, 0) is 16.1 Å². The molecule has 0 spiro atoms. The van der Waals surface area contributed by atoms with E-state index in [-0.39, 0.29) is 25.0 Å². The molecular weight excluding hydrogens is 596 g/mol. The zero-order valence-electron chi connectivity index (χ0n) is 25.7. The Bertz CT molecular complexity index is 1660. The number of nitrogens with zero attached hydrogens (tertiary/aromatic N) is 3. The van der Waals surface area contributed by atoms with Crippen molar-refractivity contribution in [3.05, 3.63) is 89.2 Å². The third kappa shape index (κ3) is 7.58. The molecule has 1 atom stereocenters. The molecule has 0 saturated heterocycles. The molecule has 0 aliphatic carbocycles. The second-order valence-electron chi connectivity index (χ2n) is 10.2. The van der Waals surface area contributed by atoms with E-state index in [4.69, 9.17) is 23.7 Å². The highest BCUT2D eigenvalue weighted by Crippen LogP contribution is 2.37. The smallest absolute Gasteiger partial charge is 0.251 e. The summed E-state index contributed by atoms with van der Waals surface area (Å²) in [5.74, 6) is 1.97. The van der Waals surface area contributed by atoms with Crippen molar-refractivity contribution >= 4 is 29.3 Å². The molecule has 3 aromatic carbocycles. The molecule has 1 aliphatic heterocycles. The van der Waals surface area contributed by atoms with E-state index in [2.05, 4.69) is 15.3 Å². The van der Waals surface area contributed by atoms with Crippen LogP contribution in [0.25, 0.3) is 0 Å². The zero-order chi connectivity index (χ0) is 31.9. The number of thioether (sulfide) groups is 1. The number of hydrogen-bond acceptors (Lipinski definition) is 10. The summed E-state index contributed by atoms with van der Waals surface area (Å²) < 4.78 is 27.2. The van der Waals surface area contributed by atoms with Crippen LogP contribution in [-0.4, -0.2) is 60.6 Å². The first-order valence-corrected chi connectivity index (χ1v) is 15.1. The maximum atomic E-state index is 14.3. The predicted octanol–water partition coefficient (Wildman–Crippen LogP) is 5.35. The summed E-state index contributed by atoms with van der Waals surface area (Å²) in [4.78, 5) is 38.9. The number of carbonyl (C=O) groups excluding carboxylic acids is 2. The van der Waals surface area contributed by atoms with E-state index < -0.39 is 11.9 Å². The van der Waals surface area contributed by atoms with Crippen molar-refractivity contribution in [2.24, 2.45) is 0 Å². The van der Waals surface area contributed by atoms with Gasteiger partial charge in [-0.15, -0.1) is 0 Å². The second-order valence-corrected chi connectivity index (χ2v) is 11.1. The number of methoxy groups -OCH3 is 3. The average molecular weight is 631 g/mol. The molecular formula is C33H34N4O7S. The van der Waals surface area contributed by atoms with Crippen molar-refractivity contribution in [2.75, 3.05) is 39.2 Å². The molecule has 0 radical (unpaired) electrons. The van der Waals surface area contributed by atoms with E-state index in [0.717, 1.165) is 17.0 Å². The Kier molecular flexibility index (Phi) is 9.93. The summed E-state index contributed by atoms with van der Waals surface area (Å²) in [5.41, 5.74) is 3.43. The SMILES string of the molecule is COc1ccc(CN(C(=O)CSc2nc(C)cc(C)n2)[C@@H](C(=O)Nc2ccc3c(c2)OCO3)c2ccc(OC)c(OC)c2)cc1. The lowest BCUT2D eigenvalue weighted by molar-refractivity contribution is -0.137. The van der Waals surface area contributed by atoms with Gasteiger partial charge in [-0.05, 0) is 67.4 Å². The number of aryl methyl sites for hydroxylation is 2. The molecule has 11 nitrogen and oxygen atoms in total. The van der Waals surface area contributed by atoms with Crippen LogP contribution < -0.4 is 29.0 Å². The van der Waals surface area contributed by atoms with Crippen molar-refractivity contribution in [1.82, 2.24) is 14.9 Å². The average Bonchev–Trinajstić information content (AvgIpc) is 3.51. The van der Waals surface area contributed by atoms with E-state index in [1.807, 2.05) is 44.2 Å². The van der Waals surface area contributed by atoms with Gasteiger partial charge in [0, 0.05) is 29.7 Å². The molecule has 4 aromatic rings. The Balaban J connectivity index is 1.54. The fourth-order valence-electron chi connectivity index (χ4n) is 4.90. The quantitative estimate of drug-likeness (QED) is 0.162. The van der Waals surface area contributed by atoms with Gasteiger partial charge in [-0.2, -0.15) is 0 Å². The van der Waals surface area contributed by atoms with Crippen LogP contribution in [0.15, 0.2) is 71.9 Å². The molecule has 2 heterocycles. The fraction of sp³-hybridized carbons (Fsp3) is 0.273. The molecule has 45 heavy (non-hydrogen) atoms. The summed E-state index contributed by atoms with van der Waals surface area (Å²) in [7, 11) is 4.64. The lowest BCUT2D eigenvalue weighted by atomic mass is 10.0. The van der Waals surface area contributed by atoms with Crippen LogP contribution in [0, 0.1) is 13.8 Å². The van der Waals surface area contributed by atoms with Gasteiger partial charge in [0.1, 0.15) is 11.8 Å². The molecule has 1 aromatic heterocycles. The lowest BCUT2D eigenvalue weighted by Crippen LogP contribution is -2.41. The van der Waals surface area contributed by atoms with E-state index >= 15 is 0 Å². The fourth-order valence-corrected chi connectivity index (χ4v) is 5.73. The monoisotopic (exact) mass is 630 g/mol. The number of aromatic nitrogens is 2. The standard InChI is InChI=1S/C33H34N4O7S/c1-20-14-21(2)35-33(34-20)45-18-30(38)37(17-22-6-10-25(40-3)11-7-22)31(23-8-12-26(41-4)28(15-23)42-5)32(39)36-24-9-13-27-29(16-24)44-19-43-27/h6-16,31H,17-19H2,1-5H3,(H,36,39)/t31-/m1/s1. The molecule has 0 fully saturated rings. The summed E-state index contributed by atoms with van der Waals surface area (Å²) in [6, 6.07) is 18.5. The van der Waals surface area contributed by atoms with Crippen LogP contribution in [0.1, 0.15) is 28.6 Å². The van der Waals surface area contributed by atoms with E-state index in [1.54, 1.807) is 48.4 Å². The summed E-state index contributed by atoms with van der Waals surface area (Å²) >= 11 is 1.22. The van der Waals surface area contributed by atoms with E-state index in [0.29, 0.717) is 45.2 Å². The Hall–Kier alpha value is -4.97. The highest BCUT2D eigenvalue weighted by atomic mass is 32.2. The number of carbonyl (C=O) groups is 2. The first-order valence-electron chi connectivity index (χ1n) is 14.1. The van der Waals surface area contributed by atoms with E-state index in [1.165, 1.54) is 26.0 Å². The van der Waals surface area contributed by atoms with Gasteiger partial charge in [-0.25, -0.2) is 9.97 Å². The molecule has 0 saturated carbocycles. The number of rotatable bonds is 12. The molecule has 5 rings (SSSR count). The lowest BCUT2D eigenvalue weighted by Gasteiger charge is -2.32. The number of hydrogen-bond donors (Lipinski definition) is 1.